The molecule has 2 aromatic carbocycles. The van der Waals surface area contributed by atoms with Crippen molar-refractivity contribution >= 4 is 34.8 Å². The number of amides is 2. The van der Waals surface area contributed by atoms with Crippen LogP contribution in [0.25, 0.3) is 0 Å². The molecule has 0 aromatic heterocycles. The van der Waals surface area contributed by atoms with Gasteiger partial charge in [0, 0.05) is 42.2 Å². The summed E-state index contributed by atoms with van der Waals surface area (Å²) in [4.78, 5) is 38.1. The van der Waals surface area contributed by atoms with Gasteiger partial charge in [-0.2, -0.15) is 0 Å². The van der Waals surface area contributed by atoms with Crippen molar-refractivity contribution in [3.05, 3.63) is 68.7 Å². The highest BCUT2D eigenvalue weighted by molar-refractivity contribution is 6.32. The van der Waals surface area contributed by atoms with Gasteiger partial charge in [-0.25, -0.2) is 0 Å². The van der Waals surface area contributed by atoms with Crippen LogP contribution in [-0.2, 0) is 9.53 Å². The van der Waals surface area contributed by atoms with Crippen LogP contribution < -0.4 is 5.32 Å². The lowest BCUT2D eigenvalue weighted by Crippen LogP contribution is -2.46. The first-order valence-corrected chi connectivity index (χ1v) is 12.6. The molecule has 2 aromatic rings. The van der Waals surface area contributed by atoms with E-state index in [0.717, 1.165) is 57.2 Å². The standard InChI is InChI=1S/C26H28ClN3O5/c27-21-9-8-18(13-22(21)30(33)34)25(31)28-20-7-3-6-17(12-20)24-14-19-15-29(11-10-23(19)35-24)26(32)16-4-1-2-5-16/h3,6-9,12-13,16,19,23-24H,1-2,4-5,10-11,14-15H2,(H,28,31). The van der Waals surface area contributed by atoms with Gasteiger partial charge < -0.3 is 15.0 Å². The van der Waals surface area contributed by atoms with Gasteiger partial charge in [0.1, 0.15) is 5.02 Å². The van der Waals surface area contributed by atoms with Gasteiger partial charge in [-0.15, -0.1) is 0 Å². The topological polar surface area (TPSA) is 102 Å². The van der Waals surface area contributed by atoms with Gasteiger partial charge in [-0.3, -0.25) is 19.7 Å². The number of hydrogen-bond acceptors (Lipinski definition) is 5. The average molecular weight is 498 g/mol. The number of nitrogens with one attached hydrogen (secondary N) is 1. The second kappa shape index (κ2) is 9.95. The summed E-state index contributed by atoms with van der Waals surface area (Å²) in [6.45, 7) is 1.51. The Bertz CT molecular complexity index is 1150. The number of ether oxygens (including phenoxy) is 1. The minimum atomic E-state index is -0.612. The molecule has 2 amide bonds. The monoisotopic (exact) mass is 497 g/mol. The summed E-state index contributed by atoms with van der Waals surface area (Å²) < 4.78 is 6.36. The van der Waals surface area contributed by atoms with Gasteiger partial charge in [0.25, 0.3) is 11.6 Å². The molecule has 3 atom stereocenters. The van der Waals surface area contributed by atoms with Crippen molar-refractivity contribution < 1.29 is 19.2 Å². The van der Waals surface area contributed by atoms with E-state index in [-0.39, 0.29) is 34.4 Å². The number of benzene rings is 2. The summed E-state index contributed by atoms with van der Waals surface area (Å²) in [6.07, 6.45) is 6.08. The minimum absolute atomic E-state index is 0.0168. The normalized spacial score (nSPS) is 24.3. The molecule has 2 saturated heterocycles. The molecule has 3 fully saturated rings. The van der Waals surface area contributed by atoms with Gasteiger partial charge in [-0.1, -0.05) is 36.6 Å². The average Bonchev–Trinajstić information content (AvgIpc) is 3.53. The molecule has 3 unspecified atom stereocenters. The van der Waals surface area contributed by atoms with E-state index in [2.05, 4.69) is 5.32 Å². The van der Waals surface area contributed by atoms with E-state index in [1.165, 1.54) is 18.2 Å². The molecule has 35 heavy (non-hydrogen) atoms. The fraction of sp³-hybridized carbons (Fsp3) is 0.462. The van der Waals surface area contributed by atoms with Crippen molar-refractivity contribution in [2.45, 2.75) is 50.7 Å². The minimum Gasteiger partial charge on any atom is -0.370 e. The molecule has 2 aliphatic heterocycles. The molecule has 3 aliphatic rings. The number of likely N-dealkylation sites (tertiary alicyclic amines) is 1. The number of nitrogens with zero attached hydrogens (tertiary/aromatic N) is 2. The van der Waals surface area contributed by atoms with Crippen LogP contribution in [0, 0.1) is 22.0 Å². The number of piperidine rings is 1. The molecule has 8 nitrogen and oxygen atoms in total. The Hall–Kier alpha value is -2.97. The lowest BCUT2D eigenvalue weighted by Gasteiger charge is -2.35. The predicted octanol–water partition coefficient (Wildman–Crippen LogP) is 5.37. The fourth-order valence-electron chi connectivity index (χ4n) is 5.62. The molecule has 2 heterocycles. The van der Waals surface area contributed by atoms with Gasteiger partial charge in [0.2, 0.25) is 5.91 Å². The maximum Gasteiger partial charge on any atom is 0.288 e. The van der Waals surface area contributed by atoms with Crippen LogP contribution in [0.1, 0.15) is 60.6 Å². The zero-order chi connectivity index (χ0) is 24.5. The first-order valence-electron chi connectivity index (χ1n) is 12.2. The van der Waals surface area contributed by atoms with Crippen molar-refractivity contribution in [1.82, 2.24) is 4.90 Å². The van der Waals surface area contributed by atoms with Crippen molar-refractivity contribution in [2.24, 2.45) is 11.8 Å². The number of hydrogen-bond donors (Lipinski definition) is 1. The zero-order valence-corrected chi connectivity index (χ0v) is 20.1. The molecule has 1 N–H and O–H groups in total. The van der Waals surface area contributed by atoms with Gasteiger partial charge in [0.05, 0.1) is 17.1 Å². The Morgan fingerprint density at radius 1 is 1.11 bits per heavy atom. The largest absolute Gasteiger partial charge is 0.370 e. The molecule has 0 spiro atoms. The maximum atomic E-state index is 12.9. The summed E-state index contributed by atoms with van der Waals surface area (Å²) in [6, 6.07) is 11.5. The Labute approximate surface area is 208 Å². The Balaban J connectivity index is 1.23. The number of fused-ring (bicyclic) bond motifs is 1. The van der Waals surface area contributed by atoms with Crippen molar-refractivity contribution in [3.63, 3.8) is 0 Å². The van der Waals surface area contributed by atoms with E-state index in [4.69, 9.17) is 16.3 Å². The van der Waals surface area contributed by atoms with E-state index < -0.39 is 10.8 Å². The van der Waals surface area contributed by atoms with Crippen LogP contribution in [-0.4, -0.2) is 40.8 Å². The number of carbonyl (C=O) groups is 2. The predicted molar refractivity (Wildman–Crippen MR) is 131 cm³/mol. The third kappa shape index (κ3) is 5.04. The lowest BCUT2D eigenvalue weighted by molar-refractivity contribution is -0.384. The third-order valence-electron chi connectivity index (χ3n) is 7.46. The van der Waals surface area contributed by atoms with Crippen LogP contribution in [0.4, 0.5) is 11.4 Å². The summed E-state index contributed by atoms with van der Waals surface area (Å²) >= 11 is 5.85. The number of rotatable bonds is 5. The van der Waals surface area contributed by atoms with E-state index in [9.17, 15) is 19.7 Å². The maximum absolute atomic E-state index is 12.9. The molecule has 1 saturated carbocycles. The van der Waals surface area contributed by atoms with Crippen LogP contribution in [0.15, 0.2) is 42.5 Å². The third-order valence-corrected chi connectivity index (χ3v) is 7.78. The van der Waals surface area contributed by atoms with Gasteiger partial charge in [0.15, 0.2) is 0 Å². The summed E-state index contributed by atoms with van der Waals surface area (Å²) in [5.74, 6) is 0.375. The van der Waals surface area contributed by atoms with E-state index in [0.29, 0.717) is 17.5 Å². The number of anilines is 1. The molecule has 9 heteroatoms. The molecule has 0 bridgehead atoms. The Morgan fingerprint density at radius 2 is 1.91 bits per heavy atom. The molecule has 184 valence electrons. The molecule has 1 aliphatic carbocycles. The zero-order valence-electron chi connectivity index (χ0n) is 19.3. The van der Waals surface area contributed by atoms with Crippen molar-refractivity contribution in [1.29, 1.82) is 0 Å². The SMILES string of the molecule is O=C(Nc1cccc(C2CC3CN(C(=O)C4CCCC4)CCC3O2)c1)c1ccc(Cl)c([N+](=O)[O-])c1. The highest BCUT2D eigenvalue weighted by Gasteiger charge is 2.41. The number of nitro groups is 1. The smallest absolute Gasteiger partial charge is 0.288 e. The summed E-state index contributed by atoms with van der Waals surface area (Å²) in [5.41, 5.74) is 1.40. The number of carbonyl (C=O) groups excluding carboxylic acids is 2. The Kier molecular flexibility index (Phi) is 6.75. The second-order valence-corrected chi connectivity index (χ2v) is 10.1. The summed E-state index contributed by atoms with van der Waals surface area (Å²) in [5, 5.41) is 13.9. The second-order valence-electron chi connectivity index (χ2n) is 9.72. The van der Waals surface area contributed by atoms with Crippen LogP contribution in [0.5, 0.6) is 0 Å². The molecular weight excluding hydrogens is 470 g/mol. The number of nitro benzene ring substituents is 1. The van der Waals surface area contributed by atoms with Crippen LogP contribution >= 0.6 is 11.6 Å². The highest BCUT2D eigenvalue weighted by Crippen LogP contribution is 2.42. The number of halogens is 1. The lowest BCUT2D eigenvalue weighted by atomic mass is 9.90. The summed E-state index contributed by atoms with van der Waals surface area (Å²) in [7, 11) is 0. The first-order chi connectivity index (χ1) is 16.9. The van der Waals surface area contributed by atoms with E-state index in [1.807, 2.05) is 23.1 Å². The van der Waals surface area contributed by atoms with E-state index >= 15 is 0 Å². The highest BCUT2D eigenvalue weighted by atomic mass is 35.5. The van der Waals surface area contributed by atoms with Gasteiger partial charge >= 0.3 is 0 Å². The van der Waals surface area contributed by atoms with Crippen LogP contribution in [0.3, 0.4) is 0 Å². The quantitative estimate of drug-likeness (QED) is 0.442. The van der Waals surface area contributed by atoms with Crippen LogP contribution in [0.2, 0.25) is 5.02 Å². The fourth-order valence-corrected chi connectivity index (χ4v) is 5.80. The van der Waals surface area contributed by atoms with Crippen molar-refractivity contribution in [2.75, 3.05) is 18.4 Å². The van der Waals surface area contributed by atoms with Gasteiger partial charge in [-0.05, 0) is 55.5 Å². The molecular formula is C26H28ClN3O5. The molecule has 5 rings (SSSR count). The van der Waals surface area contributed by atoms with Crippen molar-refractivity contribution in [3.8, 4) is 0 Å². The Morgan fingerprint density at radius 3 is 2.69 bits per heavy atom. The first kappa shape index (κ1) is 23.8. The molecule has 0 radical (unpaired) electrons. The van der Waals surface area contributed by atoms with E-state index in [1.54, 1.807) is 6.07 Å².